The predicted octanol–water partition coefficient (Wildman–Crippen LogP) is 2.52. The third kappa shape index (κ3) is 5.75. The number of amidine groups is 1. The van der Waals surface area contributed by atoms with E-state index < -0.39 is 0 Å². The van der Waals surface area contributed by atoms with Crippen LogP contribution in [0.1, 0.15) is 33.6 Å². The number of ether oxygens (including phenoxy) is 1. The molecule has 0 saturated carbocycles. The largest absolute Gasteiger partial charge is 0.382 e. The lowest BCUT2D eigenvalue weighted by molar-refractivity contribution is 0.146. The van der Waals surface area contributed by atoms with E-state index in [0.717, 1.165) is 43.8 Å². The van der Waals surface area contributed by atoms with Crippen molar-refractivity contribution in [3.8, 4) is 0 Å². The highest BCUT2D eigenvalue weighted by atomic mass is 32.2. The van der Waals surface area contributed by atoms with Crippen molar-refractivity contribution in [2.24, 2.45) is 10.9 Å². The molecule has 0 aromatic carbocycles. The molecule has 0 radical (unpaired) electrons. The van der Waals surface area contributed by atoms with Gasteiger partial charge in [-0.15, -0.1) is 0 Å². The highest BCUT2D eigenvalue weighted by molar-refractivity contribution is 8.14. The Morgan fingerprint density at radius 3 is 3.06 bits per heavy atom. The summed E-state index contributed by atoms with van der Waals surface area (Å²) in [5.41, 5.74) is 0. The van der Waals surface area contributed by atoms with Gasteiger partial charge in [-0.3, -0.25) is 4.99 Å². The van der Waals surface area contributed by atoms with Crippen LogP contribution in [0, 0.1) is 5.92 Å². The zero-order valence-electron chi connectivity index (χ0n) is 10.7. The fraction of sp³-hybridized carbons (Fsp3) is 0.917. The van der Waals surface area contributed by atoms with Gasteiger partial charge < -0.3 is 10.1 Å². The van der Waals surface area contributed by atoms with Crippen LogP contribution in [-0.4, -0.2) is 36.7 Å². The summed E-state index contributed by atoms with van der Waals surface area (Å²) in [5, 5.41) is 5.19. The Balaban J connectivity index is 2.02. The Hall–Kier alpha value is -0.220. The zero-order chi connectivity index (χ0) is 11.8. The van der Waals surface area contributed by atoms with Crippen molar-refractivity contribution in [3.05, 3.63) is 0 Å². The van der Waals surface area contributed by atoms with Gasteiger partial charge in [0.2, 0.25) is 0 Å². The van der Waals surface area contributed by atoms with Crippen molar-refractivity contribution in [1.29, 1.82) is 0 Å². The first-order valence-electron chi connectivity index (χ1n) is 6.25. The van der Waals surface area contributed by atoms with Gasteiger partial charge in [-0.2, -0.15) is 0 Å². The monoisotopic (exact) mass is 244 g/mol. The molecule has 0 saturated heterocycles. The van der Waals surface area contributed by atoms with Gasteiger partial charge in [0.25, 0.3) is 0 Å². The van der Waals surface area contributed by atoms with Gasteiger partial charge in [-0.1, -0.05) is 25.6 Å². The SMILES string of the molecule is CCOCCCNC1=NCC(CC(C)C)S1. The number of hydrogen-bond acceptors (Lipinski definition) is 4. The van der Waals surface area contributed by atoms with Crippen LogP contribution in [0.15, 0.2) is 4.99 Å². The van der Waals surface area contributed by atoms with Crippen molar-refractivity contribution >= 4 is 16.9 Å². The lowest BCUT2D eigenvalue weighted by atomic mass is 10.1. The van der Waals surface area contributed by atoms with Gasteiger partial charge in [0.1, 0.15) is 0 Å². The molecule has 0 aliphatic carbocycles. The third-order valence-electron chi connectivity index (χ3n) is 2.40. The first kappa shape index (κ1) is 13.8. The normalized spacial score (nSPS) is 20.2. The van der Waals surface area contributed by atoms with Crippen LogP contribution in [0.4, 0.5) is 0 Å². The quantitative estimate of drug-likeness (QED) is 0.699. The molecular formula is C12H24N2OS. The lowest BCUT2D eigenvalue weighted by Gasteiger charge is -2.11. The minimum Gasteiger partial charge on any atom is -0.382 e. The van der Waals surface area contributed by atoms with Gasteiger partial charge in [-0.25, -0.2) is 0 Å². The Bertz CT molecular complexity index is 219. The average molecular weight is 244 g/mol. The smallest absolute Gasteiger partial charge is 0.156 e. The van der Waals surface area contributed by atoms with E-state index in [1.54, 1.807) is 0 Å². The molecule has 0 fully saturated rings. The molecular weight excluding hydrogens is 220 g/mol. The van der Waals surface area contributed by atoms with Gasteiger partial charge in [0, 0.05) is 25.0 Å². The van der Waals surface area contributed by atoms with Crippen LogP contribution >= 0.6 is 11.8 Å². The molecule has 94 valence electrons. The third-order valence-corrected chi connectivity index (χ3v) is 3.57. The number of nitrogens with one attached hydrogen (secondary N) is 1. The van der Waals surface area contributed by atoms with Crippen LogP contribution in [0.5, 0.6) is 0 Å². The molecule has 16 heavy (non-hydrogen) atoms. The Kier molecular flexibility index (Phi) is 6.88. The highest BCUT2D eigenvalue weighted by Crippen LogP contribution is 2.25. The first-order chi connectivity index (χ1) is 7.72. The molecule has 0 amide bonds. The summed E-state index contributed by atoms with van der Waals surface area (Å²) in [6, 6.07) is 0. The molecule has 0 aromatic rings. The number of rotatable bonds is 7. The molecule has 1 atom stereocenters. The molecule has 1 heterocycles. The van der Waals surface area contributed by atoms with Gasteiger partial charge in [0.05, 0.1) is 6.54 Å². The molecule has 4 heteroatoms. The molecule has 1 aliphatic rings. The molecule has 1 aliphatic heterocycles. The molecule has 3 nitrogen and oxygen atoms in total. The van der Waals surface area contributed by atoms with Crippen LogP contribution in [-0.2, 0) is 4.74 Å². The van der Waals surface area contributed by atoms with E-state index in [2.05, 4.69) is 24.2 Å². The first-order valence-corrected chi connectivity index (χ1v) is 7.13. The molecule has 0 aromatic heterocycles. The second-order valence-corrected chi connectivity index (χ2v) is 5.78. The topological polar surface area (TPSA) is 33.6 Å². The number of aliphatic imine (C=N–C) groups is 1. The summed E-state index contributed by atoms with van der Waals surface area (Å²) in [4.78, 5) is 4.52. The maximum atomic E-state index is 5.29. The van der Waals surface area contributed by atoms with Crippen molar-refractivity contribution in [3.63, 3.8) is 0 Å². The van der Waals surface area contributed by atoms with Crippen LogP contribution < -0.4 is 5.32 Å². The lowest BCUT2D eigenvalue weighted by Crippen LogP contribution is -2.22. The molecule has 1 unspecified atom stereocenters. The minimum atomic E-state index is 0.689. The number of nitrogens with zero attached hydrogens (tertiary/aromatic N) is 1. The predicted molar refractivity (Wildman–Crippen MR) is 72.2 cm³/mol. The van der Waals surface area contributed by atoms with Crippen molar-refractivity contribution in [1.82, 2.24) is 5.32 Å². The van der Waals surface area contributed by atoms with E-state index in [4.69, 9.17) is 4.74 Å². The number of hydrogen-bond donors (Lipinski definition) is 1. The minimum absolute atomic E-state index is 0.689. The fourth-order valence-electron chi connectivity index (χ4n) is 1.68. The van der Waals surface area contributed by atoms with Gasteiger partial charge >= 0.3 is 0 Å². The van der Waals surface area contributed by atoms with E-state index in [-0.39, 0.29) is 0 Å². The van der Waals surface area contributed by atoms with E-state index >= 15 is 0 Å². The van der Waals surface area contributed by atoms with Crippen LogP contribution in [0.2, 0.25) is 0 Å². The highest BCUT2D eigenvalue weighted by Gasteiger charge is 2.19. The maximum Gasteiger partial charge on any atom is 0.156 e. The Morgan fingerprint density at radius 2 is 2.38 bits per heavy atom. The molecule has 0 bridgehead atoms. The van der Waals surface area contributed by atoms with E-state index in [1.807, 2.05) is 18.7 Å². The summed E-state index contributed by atoms with van der Waals surface area (Å²) in [7, 11) is 0. The van der Waals surface area contributed by atoms with Crippen LogP contribution in [0.3, 0.4) is 0 Å². The van der Waals surface area contributed by atoms with E-state index in [1.165, 1.54) is 6.42 Å². The Morgan fingerprint density at radius 1 is 1.56 bits per heavy atom. The summed E-state index contributed by atoms with van der Waals surface area (Å²) in [6.07, 6.45) is 2.32. The van der Waals surface area contributed by atoms with E-state index in [9.17, 15) is 0 Å². The van der Waals surface area contributed by atoms with Crippen molar-refractivity contribution in [2.45, 2.75) is 38.9 Å². The zero-order valence-corrected chi connectivity index (χ0v) is 11.5. The van der Waals surface area contributed by atoms with E-state index in [0.29, 0.717) is 5.25 Å². The number of thioether (sulfide) groups is 1. The molecule has 0 spiro atoms. The Labute approximate surface area is 103 Å². The average Bonchev–Trinajstić information content (AvgIpc) is 2.64. The van der Waals surface area contributed by atoms with Gasteiger partial charge in [0.15, 0.2) is 5.17 Å². The van der Waals surface area contributed by atoms with Crippen molar-refractivity contribution in [2.75, 3.05) is 26.3 Å². The second-order valence-electron chi connectivity index (χ2n) is 4.49. The summed E-state index contributed by atoms with van der Waals surface area (Å²) < 4.78 is 5.29. The molecule has 1 rings (SSSR count). The van der Waals surface area contributed by atoms with Gasteiger partial charge in [-0.05, 0) is 25.7 Å². The summed E-state index contributed by atoms with van der Waals surface area (Å²) in [6.45, 7) is 10.2. The maximum absolute atomic E-state index is 5.29. The van der Waals surface area contributed by atoms with Crippen LogP contribution in [0.25, 0.3) is 0 Å². The summed E-state index contributed by atoms with van der Waals surface area (Å²) in [5.74, 6) is 0.769. The second kappa shape index (κ2) is 7.96. The standard InChI is InChI=1S/C12H24N2OS/c1-4-15-7-5-6-13-12-14-9-11(16-12)8-10(2)3/h10-11H,4-9H2,1-3H3,(H,13,14). The fourth-order valence-corrected chi connectivity index (χ4v) is 2.96. The summed E-state index contributed by atoms with van der Waals surface area (Å²) >= 11 is 1.90. The van der Waals surface area contributed by atoms with Crippen molar-refractivity contribution < 1.29 is 4.74 Å². The molecule has 1 N–H and O–H groups in total.